The van der Waals surface area contributed by atoms with Crippen molar-refractivity contribution in [1.82, 2.24) is 9.88 Å². The third kappa shape index (κ3) is 3.51. The van der Waals surface area contributed by atoms with E-state index in [1.807, 2.05) is 0 Å². The number of hydrogen-bond donors (Lipinski definition) is 2. The van der Waals surface area contributed by atoms with E-state index in [-0.39, 0.29) is 18.4 Å². The Morgan fingerprint density at radius 2 is 2.42 bits per heavy atom. The van der Waals surface area contributed by atoms with Gasteiger partial charge in [-0.3, -0.25) is 9.59 Å². The number of rotatable bonds is 4. The maximum atomic E-state index is 12.2. The smallest absolute Gasteiger partial charge is 0.273 e. The summed E-state index contributed by atoms with van der Waals surface area (Å²) in [6.07, 6.45) is 1.66. The Kier molecular flexibility index (Phi) is 4.49. The molecule has 0 bridgehead atoms. The van der Waals surface area contributed by atoms with Crippen molar-refractivity contribution in [3.63, 3.8) is 0 Å². The zero-order valence-corrected chi connectivity index (χ0v) is 11.6. The molecule has 2 rings (SSSR count). The van der Waals surface area contributed by atoms with Crippen LogP contribution in [0.5, 0.6) is 0 Å². The summed E-state index contributed by atoms with van der Waals surface area (Å²) in [5, 5.41) is 13.6. The average Bonchev–Trinajstić information content (AvgIpc) is 2.97. The Morgan fingerprint density at radius 1 is 1.63 bits per heavy atom. The summed E-state index contributed by atoms with van der Waals surface area (Å²) in [5.74, 6) is 0.0771. The molecule has 1 aromatic rings. The molecule has 6 nitrogen and oxygen atoms in total. The molecule has 104 valence electrons. The lowest BCUT2D eigenvalue weighted by atomic mass is 10.1. The van der Waals surface area contributed by atoms with Crippen LogP contribution in [0.1, 0.15) is 30.3 Å². The van der Waals surface area contributed by atoms with Gasteiger partial charge in [0.05, 0.1) is 0 Å². The second kappa shape index (κ2) is 6.12. The molecule has 1 aliphatic rings. The van der Waals surface area contributed by atoms with Gasteiger partial charge < -0.3 is 15.3 Å². The zero-order valence-electron chi connectivity index (χ0n) is 10.8. The molecule has 19 heavy (non-hydrogen) atoms. The number of anilines is 1. The van der Waals surface area contributed by atoms with Gasteiger partial charge in [-0.05, 0) is 18.8 Å². The topological polar surface area (TPSA) is 82.5 Å². The van der Waals surface area contributed by atoms with Gasteiger partial charge in [0.2, 0.25) is 5.91 Å². The molecule has 2 N–H and O–H groups in total. The van der Waals surface area contributed by atoms with Crippen molar-refractivity contribution in [3.8, 4) is 0 Å². The van der Waals surface area contributed by atoms with E-state index in [1.54, 1.807) is 10.3 Å². The normalized spacial score (nSPS) is 18.6. The first-order valence-corrected chi connectivity index (χ1v) is 7.11. The molecule has 1 aromatic heterocycles. The predicted octanol–water partition coefficient (Wildman–Crippen LogP) is 0.946. The fourth-order valence-electron chi connectivity index (χ4n) is 2.18. The van der Waals surface area contributed by atoms with Crippen LogP contribution < -0.4 is 5.32 Å². The SMILES string of the molecule is CC(=O)Nc1nc(C(=O)N2CCC(CCO)C2)cs1. The second-order valence-electron chi connectivity index (χ2n) is 4.64. The largest absolute Gasteiger partial charge is 0.396 e. The van der Waals surface area contributed by atoms with Crippen LogP contribution >= 0.6 is 11.3 Å². The number of likely N-dealkylation sites (tertiary alicyclic amines) is 1. The highest BCUT2D eigenvalue weighted by Crippen LogP contribution is 2.23. The average molecular weight is 283 g/mol. The third-order valence-electron chi connectivity index (χ3n) is 3.12. The van der Waals surface area contributed by atoms with E-state index < -0.39 is 0 Å². The molecule has 7 heteroatoms. The van der Waals surface area contributed by atoms with Crippen LogP contribution in [0.3, 0.4) is 0 Å². The van der Waals surface area contributed by atoms with Gasteiger partial charge in [0.1, 0.15) is 5.69 Å². The number of thiazole rings is 1. The van der Waals surface area contributed by atoms with Gasteiger partial charge in [-0.1, -0.05) is 0 Å². The number of hydrogen-bond acceptors (Lipinski definition) is 5. The minimum Gasteiger partial charge on any atom is -0.396 e. The fraction of sp³-hybridized carbons (Fsp3) is 0.583. The lowest BCUT2D eigenvalue weighted by Crippen LogP contribution is -2.29. The van der Waals surface area contributed by atoms with E-state index in [9.17, 15) is 9.59 Å². The molecule has 0 saturated carbocycles. The number of carbonyl (C=O) groups is 2. The molecule has 1 saturated heterocycles. The summed E-state index contributed by atoms with van der Waals surface area (Å²) < 4.78 is 0. The van der Waals surface area contributed by atoms with Crippen LogP contribution in [0.4, 0.5) is 5.13 Å². The van der Waals surface area contributed by atoms with E-state index in [0.717, 1.165) is 12.8 Å². The molecule has 0 radical (unpaired) electrons. The Hall–Kier alpha value is -1.47. The Labute approximate surface area is 115 Å². The maximum Gasteiger partial charge on any atom is 0.273 e. The van der Waals surface area contributed by atoms with Gasteiger partial charge in [-0.25, -0.2) is 4.98 Å². The monoisotopic (exact) mass is 283 g/mol. The quantitative estimate of drug-likeness (QED) is 0.861. The molecule has 0 aliphatic carbocycles. The van der Waals surface area contributed by atoms with Crippen molar-refractivity contribution >= 4 is 28.3 Å². The van der Waals surface area contributed by atoms with Crippen LogP contribution in [0.25, 0.3) is 0 Å². The number of amides is 2. The summed E-state index contributed by atoms with van der Waals surface area (Å²) >= 11 is 1.25. The molecular weight excluding hydrogens is 266 g/mol. The molecule has 2 heterocycles. The molecular formula is C12H17N3O3S. The molecule has 2 amide bonds. The van der Waals surface area contributed by atoms with Gasteiger partial charge in [0.25, 0.3) is 5.91 Å². The lowest BCUT2D eigenvalue weighted by molar-refractivity contribution is -0.114. The number of aliphatic hydroxyl groups is 1. The van der Waals surface area contributed by atoms with E-state index in [0.29, 0.717) is 29.8 Å². The summed E-state index contributed by atoms with van der Waals surface area (Å²) in [7, 11) is 0. The van der Waals surface area contributed by atoms with Gasteiger partial charge >= 0.3 is 0 Å². The van der Waals surface area contributed by atoms with Crippen LogP contribution in [0, 0.1) is 5.92 Å². The second-order valence-corrected chi connectivity index (χ2v) is 5.50. The minimum absolute atomic E-state index is 0.103. The number of nitrogens with zero attached hydrogens (tertiary/aromatic N) is 2. The highest BCUT2D eigenvalue weighted by molar-refractivity contribution is 7.14. The standard InChI is InChI=1S/C12H17N3O3S/c1-8(17)13-12-14-10(7-19-12)11(18)15-4-2-9(6-15)3-5-16/h7,9,16H,2-6H2,1H3,(H,13,14,17). The molecule has 1 fully saturated rings. The van der Waals surface area contributed by atoms with Gasteiger partial charge in [-0.2, -0.15) is 0 Å². The molecule has 1 unspecified atom stereocenters. The van der Waals surface area contributed by atoms with Crippen molar-refractivity contribution in [1.29, 1.82) is 0 Å². The Morgan fingerprint density at radius 3 is 3.11 bits per heavy atom. The van der Waals surface area contributed by atoms with Gasteiger partial charge in [0.15, 0.2) is 5.13 Å². The highest BCUT2D eigenvalue weighted by Gasteiger charge is 2.27. The summed E-state index contributed by atoms with van der Waals surface area (Å²) in [4.78, 5) is 29.0. The summed E-state index contributed by atoms with van der Waals surface area (Å²) in [5.41, 5.74) is 0.374. The molecule has 0 spiro atoms. The van der Waals surface area contributed by atoms with Crippen molar-refractivity contribution in [3.05, 3.63) is 11.1 Å². The Balaban J connectivity index is 1.96. The van der Waals surface area contributed by atoms with Gasteiger partial charge in [0, 0.05) is 32.0 Å². The van der Waals surface area contributed by atoms with Crippen LogP contribution in [-0.4, -0.2) is 46.5 Å². The van der Waals surface area contributed by atoms with Crippen molar-refractivity contribution in [2.24, 2.45) is 5.92 Å². The molecule has 1 atom stereocenters. The molecule has 0 aromatic carbocycles. The summed E-state index contributed by atoms with van der Waals surface area (Å²) in [6, 6.07) is 0. The first kappa shape index (κ1) is 14.0. The number of carbonyl (C=O) groups excluding carboxylic acids is 2. The van der Waals surface area contributed by atoms with Crippen molar-refractivity contribution in [2.45, 2.75) is 19.8 Å². The first-order chi connectivity index (χ1) is 9.10. The van der Waals surface area contributed by atoms with E-state index in [4.69, 9.17) is 5.11 Å². The van der Waals surface area contributed by atoms with E-state index >= 15 is 0 Å². The van der Waals surface area contributed by atoms with Crippen LogP contribution in [0.15, 0.2) is 5.38 Å². The number of aliphatic hydroxyl groups excluding tert-OH is 1. The Bertz CT molecular complexity index is 475. The van der Waals surface area contributed by atoms with Crippen molar-refractivity contribution in [2.75, 3.05) is 25.0 Å². The third-order valence-corrected chi connectivity index (χ3v) is 3.87. The van der Waals surface area contributed by atoms with Crippen LogP contribution in [0.2, 0.25) is 0 Å². The maximum absolute atomic E-state index is 12.2. The first-order valence-electron chi connectivity index (χ1n) is 6.23. The fourth-order valence-corrected chi connectivity index (χ4v) is 2.91. The summed E-state index contributed by atoms with van der Waals surface area (Å²) in [6.45, 7) is 2.95. The predicted molar refractivity (Wildman–Crippen MR) is 72.1 cm³/mol. The van der Waals surface area contributed by atoms with Gasteiger partial charge in [-0.15, -0.1) is 11.3 Å². The minimum atomic E-state index is -0.197. The van der Waals surface area contributed by atoms with E-state index in [1.165, 1.54) is 18.3 Å². The number of aromatic nitrogens is 1. The lowest BCUT2D eigenvalue weighted by Gasteiger charge is -2.14. The van der Waals surface area contributed by atoms with Crippen molar-refractivity contribution < 1.29 is 14.7 Å². The molecule has 1 aliphatic heterocycles. The highest BCUT2D eigenvalue weighted by atomic mass is 32.1. The zero-order chi connectivity index (χ0) is 13.8. The van der Waals surface area contributed by atoms with Crippen LogP contribution in [-0.2, 0) is 4.79 Å². The van der Waals surface area contributed by atoms with E-state index in [2.05, 4.69) is 10.3 Å². The number of nitrogens with one attached hydrogen (secondary N) is 1.